The van der Waals surface area contributed by atoms with Crippen LogP contribution < -0.4 is 5.32 Å². The zero-order valence-corrected chi connectivity index (χ0v) is 11.5. The van der Waals surface area contributed by atoms with Gasteiger partial charge in [0.15, 0.2) is 0 Å². The van der Waals surface area contributed by atoms with Crippen molar-refractivity contribution in [2.45, 2.75) is 38.8 Å². The molecule has 0 aliphatic heterocycles. The molecular formula is C13H16N2S2. The highest BCUT2D eigenvalue weighted by Gasteiger charge is 2.21. The highest BCUT2D eigenvalue weighted by atomic mass is 32.1. The Morgan fingerprint density at radius 3 is 3.00 bits per heavy atom. The zero-order chi connectivity index (χ0) is 11.7. The van der Waals surface area contributed by atoms with Crippen LogP contribution in [0, 0.1) is 0 Å². The van der Waals surface area contributed by atoms with Gasteiger partial charge in [-0.3, -0.25) is 0 Å². The fourth-order valence-corrected chi connectivity index (χ4v) is 3.64. The molecule has 0 spiro atoms. The quantitative estimate of drug-likeness (QED) is 0.891. The molecule has 0 amide bonds. The first kappa shape index (κ1) is 11.4. The maximum atomic E-state index is 4.75. The molecule has 0 bridgehead atoms. The second-order valence-electron chi connectivity index (χ2n) is 4.41. The SMILES string of the molecule is CCc1nc(-c2ccsc2)sc1CNC1CC1. The molecule has 2 aromatic rings. The second kappa shape index (κ2) is 4.88. The van der Waals surface area contributed by atoms with Gasteiger partial charge in [0.2, 0.25) is 0 Å². The lowest BCUT2D eigenvalue weighted by Gasteiger charge is -2.00. The lowest BCUT2D eigenvalue weighted by molar-refractivity contribution is 0.689. The van der Waals surface area contributed by atoms with E-state index in [1.54, 1.807) is 11.3 Å². The Hall–Kier alpha value is -0.710. The lowest BCUT2D eigenvalue weighted by Crippen LogP contribution is -2.15. The number of aryl methyl sites for hydroxylation is 1. The molecule has 1 saturated carbocycles. The van der Waals surface area contributed by atoms with Gasteiger partial charge in [0, 0.05) is 28.4 Å². The Balaban J connectivity index is 1.81. The normalized spacial score (nSPS) is 15.4. The molecule has 1 aliphatic carbocycles. The number of thiophene rings is 1. The number of aromatic nitrogens is 1. The first-order valence-corrected chi connectivity index (χ1v) is 7.87. The molecule has 1 N–H and O–H groups in total. The molecule has 0 saturated heterocycles. The third-order valence-corrected chi connectivity index (χ3v) is 4.84. The maximum absolute atomic E-state index is 4.75. The van der Waals surface area contributed by atoms with Crippen LogP contribution in [0.3, 0.4) is 0 Å². The van der Waals surface area contributed by atoms with Crippen molar-refractivity contribution >= 4 is 22.7 Å². The number of nitrogens with zero attached hydrogens (tertiary/aromatic N) is 1. The minimum Gasteiger partial charge on any atom is -0.309 e. The standard InChI is InChI=1S/C13H16N2S2/c1-2-11-12(7-14-10-3-4-10)17-13(15-11)9-5-6-16-8-9/h5-6,8,10,14H,2-4,7H2,1H3. The van der Waals surface area contributed by atoms with Gasteiger partial charge in [-0.25, -0.2) is 4.98 Å². The molecule has 0 atom stereocenters. The lowest BCUT2D eigenvalue weighted by atomic mass is 10.3. The summed E-state index contributed by atoms with van der Waals surface area (Å²) in [6, 6.07) is 2.92. The van der Waals surface area contributed by atoms with E-state index in [1.807, 2.05) is 11.3 Å². The number of rotatable bonds is 5. The van der Waals surface area contributed by atoms with Crippen LogP contribution in [0.5, 0.6) is 0 Å². The van der Waals surface area contributed by atoms with Crippen LogP contribution in [-0.4, -0.2) is 11.0 Å². The molecule has 0 aromatic carbocycles. The van der Waals surface area contributed by atoms with Crippen LogP contribution >= 0.6 is 22.7 Å². The fraction of sp³-hybridized carbons (Fsp3) is 0.462. The summed E-state index contributed by atoms with van der Waals surface area (Å²) in [6.45, 7) is 3.18. The van der Waals surface area contributed by atoms with Crippen molar-refractivity contribution < 1.29 is 0 Å². The Kier molecular flexibility index (Phi) is 3.27. The van der Waals surface area contributed by atoms with Gasteiger partial charge in [0.05, 0.1) is 5.69 Å². The molecule has 2 nitrogen and oxygen atoms in total. The van der Waals surface area contributed by atoms with E-state index in [4.69, 9.17) is 4.98 Å². The Morgan fingerprint density at radius 1 is 1.47 bits per heavy atom. The van der Waals surface area contributed by atoms with Crippen LogP contribution in [0.2, 0.25) is 0 Å². The van der Waals surface area contributed by atoms with Crippen molar-refractivity contribution in [3.63, 3.8) is 0 Å². The minimum absolute atomic E-state index is 0.770. The average Bonchev–Trinajstić information content (AvgIpc) is 2.88. The summed E-state index contributed by atoms with van der Waals surface area (Å²) in [5.74, 6) is 0. The molecule has 17 heavy (non-hydrogen) atoms. The largest absolute Gasteiger partial charge is 0.309 e. The Morgan fingerprint density at radius 2 is 2.35 bits per heavy atom. The predicted octanol–water partition coefficient (Wildman–Crippen LogP) is 3.69. The minimum atomic E-state index is 0.770. The van der Waals surface area contributed by atoms with E-state index in [2.05, 4.69) is 29.1 Å². The van der Waals surface area contributed by atoms with E-state index in [0.717, 1.165) is 19.0 Å². The molecule has 2 aromatic heterocycles. The van der Waals surface area contributed by atoms with Crippen molar-refractivity contribution in [1.29, 1.82) is 0 Å². The van der Waals surface area contributed by atoms with Gasteiger partial charge >= 0.3 is 0 Å². The van der Waals surface area contributed by atoms with E-state index in [1.165, 1.54) is 34.0 Å². The number of hydrogen-bond donors (Lipinski definition) is 1. The summed E-state index contributed by atoms with van der Waals surface area (Å²) in [4.78, 5) is 6.17. The smallest absolute Gasteiger partial charge is 0.124 e. The summed E-state index contributed by atoms with van der Waals surface area (Å²) in [5.41, 5.74) is 2.54. The molecule has 1 aliphatic rings. The second-order valence-corrected chi connectivity index (χ2v) is 6.27. The van der Waals surface area contributed by atoms with Crippen molar-refractivity contribution in [2.75, 3.05) is 0 Å². The Labute approximate surface area is 110 Å². The number of nitrogens with one attached hydrogen (secondary N) is 1. The Bertz CT molecular complexity index is 483. The van der Waals surface area contributed by atoms with Crippen LogP contribution in [0.15, 0.2) is 16.8 Å². The highest BCUT2D eigenvalue weighted by Crippen LogP contribution is 2.30. The van der Waals surface area contributed by atoms with E-state index in [-0.39, 0.29) is 0 Å². The van der Waals surface area contributed by atoms with E-state index < -0.39 is 0 Å². The van der Waals surface area contributed by atoms with Gasteiger partial charge < -0.3 is 5.32 Å². The monoisotopic (exact) mass is 264 g/mol. The zero-order valence-electron chi connectivity index (χ0n) is 9.90. The van der Waals surface area contributed by atoms with E-state index >= 15 is 0 Å². The van der Waals surface area contributed by atoms with Crippen LogP contribution in [-0.2, 0) is 13.0 Å². The van der Waals surface area contributed by atoms with Crippen LogP contribution in [0.25, 0.3) is 10.6 Å². The fourth-order valence-electron chi connectivity index (χ4n) is 1.83. The van der Waals surface area contributed by atoms with Crippen LogP contribution in [0.4, 0.5) is 0 Å². The van der Waals surface area contributed by atoms with Crippen molar-refractivity contribution in [2.24, 2.45) is 0 Å². The summed E-state index contributed by atoms with van der Waals surface area (Å²) in [6.07, 6.45) is 3.72. The van der Waals surface area contributed by atoms with Crippen molar-refractivity contribution in [1.82, 2.24) is 10.3 Å². The van der Waals surface area contributed by atoms with Gasteiger partial charge in [-0.05, 0) is 30.7 Å². The highest BCUT2D eigenvalue weighted by molar-refractivity contribution is 7.15. The molecule has 3 rings (SSSR count). The number of hydrogen-bond acceptors (Lipinski definition) is 4. The van der Waals surface area contributed by atoms with E-state index in [9.17, 15) is 0 Å². The third kappa shape index (κ3) is 2.59. The molecular weight excluding hydrogens is 248 g/mol. The molecule has 0 unspecified atom stereocenters. The van der Waals surface area contributed by atoms with Crippen molar-refractivity contribution in [3.05, 3.63) is 27.4 Å². The first-order chi connectivity index (χ1) is 8.36. The summed E-state index contributed by atoms with van der Waals surface area (Å²) >= 11 is 3.58. The number of thiazole rings is 1. The first-order valence-electron chi connectivity index (χ1n) is 6.11. The predicted molar refractivity (Wildman–Crippen MR) is 74.7 cm³/mol. The van der Waals surface area contributed by atoms with Crippen molar-refractivity contribution in [3.8, 4) is 10.6 Å². The average molecular weight is 264 g/mol. The maximum Gasteiger partial charge on any atom is 0.124 e. The molecule has 90 valence electrons. The molecule has 2 heterocycles. The summed E-state index contributed by atoms with van der Waals surface area (Å²) in [5, 5.41) is 9.05. The third-order valence-electron chi connectivity index (χ3n) is 3.01. The van der Waals surface area contributed by atoms with Gasteiger partial charge in [-0.1, -0.05) is 6.92 Å². The van der Waals surface area contributed by atoms with Gasteiger partial charge in [-0.2, -0.15) is 11.3 Å². The topological polar surface area (TPSA) is 24.9 Å². The molecule has 4 heteroatoms. The summed E-state index contributed by atoms with van der Waals surface area (Å²) in [7, 11) is 0. The van der Waals surface area contributed by atoms with Crippen LogP contribution in [0.1, 0.15) is 30.3 Å². The van der Waals surface area contributed by atoms with E-state index in [0.29, 0.717) is 0 Å². The van der Waals surface area contributed by atoms with Gasteiger partial charge in [-0.15, -0.1) is 11.3 Å². The van der Waals surface area contributed by atoms with Gasteiger partial charge in [0.25, 0.3) is 0 Å². The molecule has 1 fully saturated rings. The molecule has 0 radical (unpaired) electrons. The van der Waals surface area contributed by atoms with Gasteiger partial charge in [0.1, 0.15) is 5.01 Å². The summed E-state index contributed by atoms with van der Waals surface area (Å²) < 4.78 is 0.